The Hall–Kier alpha value is -1.59. The van der Waals surface area contributed by atoms with Crippen LogP contribution in [0.4, 0.5) is 0 Å². The lowest BCUT2D eigenvalue weighted by molar-refractivity contribution is 0.0826. The van der Waals surface area contributed by atoms with Crippen molar-refractivity contribution in [1.82, 2.24) is 15.5 Å². The minimum atomic E-state index is -0.130. The van der Waals surface area contributed by atoms with E-state index in [1.807, 2.05) is 7.05 Å². The quantitative estimate of drug-likeness (QED) is 0.785. The number of amides is 2. The van der Waals surface area contributed by atoms with Crippen molar-refractivity contribution < 1.29 is 9.59 Å². The van der Waals surface area contributed by atoms with Crippen LogP contribution in [0.5, 0.6) is 0 Å². The van der Waals surface area contributed by atoms with Crippen LogP contribution in [-0.4, -0.2) is 50.9 Å². The number of carbonyl (C=O) groups is 2. The third kappa shape index (κ3) is 5.28. The van der Waals surface area contributed by atoms with Gasteiger partial charge in [-0.3, -0.25) is 9.59 Å². The number of likely N-dealkylation sites (N-methyl/N-ethyl adjacent to an activating group) is 1. The van der Waals surface area contributed by atoms with E-state index in [1.54, 1.807) is 38.4 Å². The van der Waals surface area contributed by atoms with Crippen molar-refractivity contribution >= 4 is 24.2 Å². The van der Waals surface area contributed by atoms with Crippen LogP contribution in [-0.2, 0) is 0 Å². The Morgan fingerprint density at radius 2 is 1.58 bits per heavy atom. The minimum absolute atomic E-state index is 0. The first-order chi connectivity index (χ1) is 8.56. The van der Waals surface area contributed by atoms with E-state index in [4.69, 9.17) is 0 Å². The van der Waals surface area contributed by atoms with Gasteiger partial charge in [0.1, 0.15) is 0 Å². The fourth-order valence-electron chi connectivity index (χ4n) is 1.43. The lowest BCUT2D eigenvalue weighted by Crippen LogP contribution is -2.30. The number of hydrogen-bond acceptors (Lipinski definition) is 3. The second kappa shape index (κ2) is 8.50. The molecule has 0 bridgehead atoms. The number of benzene rings is 1. The average Bonchev–Trinajstić information content (AvgIpc) is 2.38. The van der Waals surface area contributed by atoms with E-state index >= 15 is 0 Å². The third-order valence-corrected chi connectivity index (χ3v) is 2.46. The molecule has 0 saturated heterocycles. The summed E-state index contributed by atoms with van der Waals surface area (Å²) in [6, 6.07) is 6.64. The van der Waals surface area contributed by atoms with Gasteiger partial charge < -0.3 is 15.5 Å². The molecule has 0 fully saturated rings. The summed E-state index contributed by atoms with van der Waals surface area (Å²) in [4.78, 5) is 24.9. The second-order valence-electron chi connectivity index (χ2n) is 4.14. The summed E-state index contributed by atoms with van der Waals surface area (Å²) < 4.78 is 0. The lowest BCUT2D eigenvalue weighted by atomic mass is 10.1. The highest BCUT2D eigenvalue weighted by Crippen LogP contribution is 2.06. The molecule has 0 saturated carbocycles. The molecule has 5 nitrogen and oxygen atoms in total. The molecular formula is C13H20ClN3O2. The molecule has 106 valence electrons. The van der Waals surface area contributed by atoms with Crippen LogP contribution >= 0.6 is 12.4 Å². The number of nitrogens with zero attached hydrogens (tertiary/aromatic N) is 1. The van der Waals surface area contributed by atoms with E-state index in [0.29, 0.717) is 17.7 Å². The normalized spacial score (nSPS) is 9.42. The van der Waals surface area contributed by atoms with Crippen LogP contribution in [0.25, 0.3) is 0 Å². The summed E-state index contributed by atoms with van der Waals surface area (Å²) >= 11 is 0. The Balaban J connectivity index is 0.00000324. The summed E-state index contributed by atoms with van der Waals surface area (Å²) in [5.41, 5.74) is 1.13. The van der Waals surface area contributed by atoms with Crippen molar-refractivity contribution in [2.75, 3.05) is 34.2 Å². The molecule has 0 aliphatic carbocycles. The number of halogens is 1. The predicted octanol–water partition coefficient (Wildman–Crippen LogP) is 0.759. The van der Waals surface area contributed by atoms with Crippen LogP contribution in [0.2, 0.25) is 0 Å². The molecule has 6 heteroatoms. The molecular weight excluding hydrogens is 266 g/mol. The molecule has 0 aromatic heterocycles. The maximum atomic E-state index is 11.7. The zero-order chi connectivity index (χ0) is 13.5. The van der Waals surface area contributed by atoms with Crippen LogP contribution in [0, 0.1) is 0 Å². The highest BCUT2D eigenvalue weighted by molar-refractivity contribution is 5.97. The van der Waals surface area contributed by atoms with Crippen molar-refractivity contribution in [1.29, 1.82) is 0 Å². The smallest absolute Gasteiger partial charge is 0.253 e. The monoisotopic (exact) mass is 285 g/mol. The molecule has 2 N–H and O–H groups in total. The SMILES string of the molecule is CNCCNC(=O)c1ccc(C(=O)N(C)C)cc1.Cl. The zero-order valence-electron chi connectivity index (χ0n) is 11.4. The first-order valence-corrected chi connectivity index (χ1v) is 5.80. The first-order valence-electron chi connectivity index (χ1n) is 5.80. The van der Waals surface area contributed by atoms with Crippen LogP contribution in [0.3, 0.4) is 0 Å². The van der Waals surface area contributed by atoms with Gasteiger partial charge in [0.15, 0.2) is 0 Å². The molecule has 0 aliphatic rings. The van der Waals surface area contributed by atoms with Gasteiger partial charge in [-0.2, -0.15) is 0 Å². The highest BCUT2D eigenvalue weighted by atomic mass is 35.5. The predicted molar refractivity (Wildman–Crippen MR) is 78.0 cm³/mol. The molecule has 0 unspecified atom stereocenters. The first kappa shape index (κ1) is 17.4. The molecule has 0 aliphatic heterocycles. The van der Waals surface area contributed by atoms with Gasteiger partial charge in [0.2, 0.25) is 0 Å². The molecule has 1 aromatic carbocycles. The Morgan fingerprint density at radius 1 is 1.05 bits per heavy atom. The molecule has 0 radical (unpaired) electrons. The summed E-state index contributed by atoms with van der Waals surface area (Å²) in [6.45, 7) is 1.30. The minimum Gasteiger partial charge on any atom is -0.351 e. The second-order valence-corrected chi connectivity index (χ2v) is 4.14. The number of rotatable bonds is 5. The summed E-state index contributed by atoms with van der Waals surface area (Å²) in [5, 5.41) is 5.72. The topological polar surface area (TPSA) is 61.4 Å². The Kier molecular flexibility index (Phi) is 7.79. The molecule has 1 aromatic rings. The Bertz CT molecular complexity index is 418. The molecule has 19 heavy (non-hydrogen) atoms. The van der Waals surface area contributed by atoms with Gasteiger partial charge in [-0.1, -0.05) is 0 Å². The van der Waals surface area contributed by atoms with E-state index in [2.05, 4.69) is 10.6 Å². The Labute approximate surface area is 119 Å². The van der Waals surface area contributed by atoms with Gasteiger partial charge in [-0.05, 0) is 31.3 Å². The highest BCUT2D eigenvalue weighted by Gasteiger charge is 2.09. The molecule has 0 spiro atoms. The fraction of sp³-hybridized carbons (Fsp3) is 0.385. The lowest BCUT2D eigenvalue weighted by Gasteiger charge is -2.10. The number of nitrogens with one attached hydrogen (secondary N) is 2. The fourth-order valence-corrected chi connectivity index (χ4v) is 1.43. The molecule has 0 heterocycles. The van der Waals surface area contributed by atoms with Crippen molar-refractivity contribution in [2.45, 2.75) is 0 Å². The van der Waals surface area contributed by atoms with Gasteiger partial charge in [0.05, 0.1) is 0 Å². The Morgan fingerprint density at radius 3 is 2.05 bits per heavy atom. The molecule has 0 atom stereocenters. The molecule has 1 rings (SSSR count). The van der Waals surface area contributed by atoms with Gasteiger partial charge in [-0.25, -0.2) is 0 Å². The number of hydrogen-bond donors (Lipinski definition) is 2. The van der Waals surface area contributed by atoms with Gasteiger partial charge in [0, 0.05) is 38.3 Å². The van der Waals surface area contributed by atoms with E-state index in [-0.39, 0.29) is 24.2 Å². The van der Waals surface area contributed by atoms with E-state index < -0.39 is 0 Å². The summed E-state index contributed by atoms with van der Waals surface area (Å²) in [7, 11) is 5.22. The number of carbonyl (C=O) groups excluding carboxylic acids is 2. The van der Waals surface area contributed by atoms with Crippen molar-refractivity contribution in [3.63, 3.8) is 0 Å². The van der Waals surface area contributed by atoms with Crippen LogP contribution in [0.15, 0.2) is 24.3 Å². The van der Waals surface area contributed by atoms with Crippen molar-refractivity contribution in [3.05, 3.63) is 35.4 Å². The standard InChI is InChI=1S/C13H19N3O2.ClH/c1-14-8-9-15-12(17)10-4-6-11(7-5-10)13(18)16(2)3;/h4-7,14H,8-9H2,1-3H3,(H,15,17);1H. The summed E-state index contributed by atoms with van der Waals surface area (Å²) in [6.07, 6.45) is 0. The largest absolute Gasteiger partial charge is 0.351 e. The maximum Gasteiger partial charge on any atom is 0.253 e. The maximum absolute atomic E-state index is 11.7. The van der Waals surface area contributed by atoms with E-state index in [9.17, 15) is 9.59 Å². The van der Waals surface area contributed by atoms with Gasteiger partial charge in [-0.15, -0.1) is 12.4 Å². The zero-order valence-corrected chi connectivity index (χ0v) is 12.2. The van der Waals surface area contributed by atoms with E-state index in [1.165, 1.54) is 4.90 Å². The van der Waals surface area contributed by atoms with Crippen molar-refractivity contribution in [3.8, 4) is 0 Å². The van der Waals surface area contributed by atoms with E-state index in [0.717, 1.165) is 6.54 Å². The van der Waals surface area contributed by atoms with Crippen LogP contribution < -0.4 is 10.6 Å². The summed E-state index contributed by atoms with van der Waals surface area (Å²) in [5.74, 6) is -0.203. The third-order valence-electron chi connectivity index (χ3n) is 2.46. The molecule has 2 amide bonds. The average molecular weight is 286 g/mol. The van der Waals surface area contributed by atoms with Gasteiger partial charge >= 0.3 is 0 Å². The van der Waals surface area contributed by atoms with Gasteiger partial charge in [0.25, 0.3) is 11.8 Å². The van der Waals surface area contributed by atoms with Crippen LogP contribution in [0.1, 0.15) is 20.7 Å². The van der Waals surface area contributed by atoms with Crippen molar-refractivity contribution in [2.24, 2.45) is 0 Å².